The standard InChI is InChI=1S/C23H38N6O2.HI/c1-6-13-23(30,14-7-2)17-26-22(25-16-21-28-27-18(3)29(21)4)24-15-12-19-8-10-20(31-5)11-9-19;/h8-11,30H,6-7,12-17H2,1-5H3,(H2,24,25,26);1H. The van der Waals surface area contributed by atoms with E-state index in [0.29, 0.717) is 19.0 Å². The van der Waals surface area contributed by atoms with E-state index in [-0.39, 0.29) is 24.0 Å². The molecule has 0 aliphatic rings. The molecule has 0 fully saturated rings. The summed E-state index contributed by atoms with van der Waals surface area (Å²) in [6, 6.07) is 8.06. The summed E-state index contributed by atoms with van der Waals surface area (Å²) in [6.45, 7) is 7.70. The lowest BCUT2D eigenvalue weighted by Crippen LogP contribution is -2.47. The molecule has 180 valence electrons. The van der Waals surface area contributed by atoms with Crippen LogP contribution in [0.25, 0.3) is 0 Å². The highest BCUT2D eigenvalue weighted by Gasteiger charge is 2.25. The van der Waals surface area contributed by atoms with Gasteiger partial charge in [0.25, 0.3) is 0 Å². The molecule has 0 saturated carbocycles. The highest BCUT2D eigenvalue weighted by molar-refractivity contribution is 14.0. The number of halogens is 1. The molecule has 0 atom stereocenters. The van der Waals surface area contributed by atoms with Crippen molar-refractivity contribution >= 4 is 29.9 Å². The number of guanidine groups is 1. The minimum atomic E-state index is -0.733. The van der Waals surface area contributed by atoms with Crippen molar-refractivity contribution < 1.29 is 9.84 Å². The van der Waals surface area contributed by atoms with E-state index in [0.717, 1.165) is 56.0 Å². The average Bonchev–Trinajstić information content (AvgIpc) is 3.08. The number of hydrogen-bond acceptors (Lipinski definition) is 5. The summed E-state index contributed by atoms with van der Waals surface area (Å²) in [5, 5.41) is 26.0. The number of aliphatic hydroxyl groups is 1. The molecule has 0 radical (unpaired) electrons. The van der Waals surface area contributed by atoms with Crippen LogP contribution in [0, 0.1) is 6.92 Å². The lowest BCUT2D eigenvalue weighted by Gasteiger charge is -2.28. The van der Waals surface area contributed by atoms with E-state index in [4.69, 9.17) is 9.73 Å². The molecule has 3 N–H and O–H groups in total. The molecule has 0 bridgehead atoms. The molecule has 0 unspecified atom stereocenters. The molecule has 0 aliphatic carbocycles. The van der Waals surface area contributed by atoms with Crippen molar-refractivity contribution in [1.29, 1.82) is 0 Å². The first-order valence-electron chi connectivity index (χ1n) is 11.1. The molecule has 8 nitrogen and oxygen atoms in total. The van der Waals surface area contributed by atoms with Gasteiger partial charge in [0.15, 0.2) is 11.8 Å². The number of aryl methyl sites for hydroxylation is 1. The van der Waals surface area contributed by atoms with Crippen molar-refractivity contribution in [1.82, 2.24) is 25.4 Å². The normalized spacial score (nSPS) is 11.8. The Balaban J connectivity index is 0.00000512. The van der Waals surface area contributed by atoms with Crippen molar-refractivity contribution in [3.63, 3.8) is 0 Å². The molecule has 1 heterocycles. The van der Waals surface area contributed by atoms with Crippen molar-refractivity contribution in [2.75, 3.05) is 20.2 Å². The van der Waals surface area contributed by atoms with Gasteiger partial charge in [0.05, 0.1) is 12.7 Å². The summed E-state index contributed by atoms with van der Waals surface area (Å²) in [5.74, 6) is 3.17. The molecule has 0 aliphatic heterocycles. The third kappa shape index (κ3) is 8.93. The number of nitrogens with zero attached hydrogens (tertiary/aromatic N) is 4. The zero-order valence-corrected chi connectivity index (χ0v) is 22.3. The van der Waals surface area contributed by atoms with Gasteiger partial charge in [-0.25, -0.2) is 4.99 Å². The van der Waals surface area contributed by atoms with Gasteiger partial charge in [-0.3, -0.25) is 0 Å². The fourth-order valence-electron chi connectivity index (χ4n) is 3.51. The Hall–Kier alpha value is -1.88. The molecule has 0 saturated heterocycles. The molecular weight excluding hydrogens is 519 g/mol. The number of methoxy groups -OCH3 is 1. The highest BCUT2D eigenvalue weighted by atomic mass is 127. The third-order valence-electron chi connectivity index (χ3n) is 5.44. The van der Waals surface area contributed by atoms with E-state index < -0.39 is 5.60 Å². The van der Waals surface area contributed by atoms with Crippen LogP contribution < -0.4 is 15.4 Å². The molecule has 1 aromatic heterocycles. The fourth-order valence-corrected chi connectivity index (χ4v) is 3.51. The van der Waals surface area contributed by atoms with Gasteiger partial charge in [0, 0.05) is 20.1 Å². The summed E-state index contributed by atoms with van der Waals surface area (Å²) < 4.78 is 7.15. The van der Waals surface area contributed by atoms with Gasteiger partial charge < -0.3 is 25.0 Å². The van der Waals surface area contributed by atoms with E-state index in [1.165, 1.54) is 5.56 Å². The predicted octanol–water partition coefficient (Wildman–Crippen LogP) is 3.36. The predicted molar refractivity (Wildman–Crippen MR) is 140 cm³/mol. The van der Waals surface area contributed by atoms with Crippen LogP contribution in [0.5, 0.6) is 5.75 Å². The monoisotopic (exact) mass is 558 g/mol. The molecule has 2 aromatic rings. The van der Waals surface area contributed by atoms with Crippen LogP contribution in [0.15, 0.2) is 29.3 Å². The summed E-state index contributed by atoms with van der Waals surface area (Å²) in [5.41, 5.74) is 0.480. The molecule has 0 spiro atoms. The smallest absolute Gasteiger partial charge is 0.191 e. The Bertz CT molecular complexity index is 816. The lowest BCUT2D eigenvalue weighted by atomic mass is 9.93. The highest BCUT2D eigenvalue weighted by Crippen LogP contribution is 2.18. The summed E-state index contributed by atoms with van der Waals surface area (Å²) in [4.78, 5) is 4.69. The minimum absolute atomic E-state index is 0. The number of aromatic nitrogens is 3. The van der Waals surface area contributed by atoms with Crippen LogP contribution in [-0.4, -0.2) is 51.6 Å². The second kappa shape index (κ2) is 14.3. The molecule has 2 rings (SSSR count). The Morgan fingerprint density at radius 3 is 2.31 bits per heavy atom. The maximum Gasteiger partial charge on any atom is 0.191 e. The molecule has 32 heavy (non-hydrogen) atoms. The summed E-state index contributed by atoms with van der Waals surface area (Å²) >= 11 is 0. The number of hydrogen-bond donors (Lipinski definition) is 3. The second-order valence-electron chi connectivity index (χ2n) is 7.99. The number of nitrogens with one attached hydrogen (secondary N) is 2. The Morgan fingerprint density at radius 2 is 1.78 bits per heavy atom. The first-order valence-corrected chi connectivity index (χ1v) is 11.1. The number of ether oxygens (including phenoxy) is 1. The van der Waals surface area contributed by atoms with E-state index >= 15 is 0 Å². The Morgan fingerprint density at radius 1 is 1.12 bits per heavy atom. The van der Waals surface area contributed by atoms with Crippen LogP contribution in [0.1, 0.15) is 56.7 Å². The van der Waals surface area contributed by atoms with Gasteiger partial charge in [-0.2, -0.15) is 0 Å². The zero-order valence-electron chi connectivity index (χ0n) is 20.0. The van der Waals surface area contributed by atoms with Crippen molar-refractivity contribution in [3.8, 4) is 5.75 Å². The fraction of sp³-hybridized carbons (Fsp3) is 0.609. The van der Waals surface area contributed by atoms with Crippen LogP contribution in [0.2, 0.25) is 0 Å². The Labute approximate surface area is 209 Å². The van der Waals surface area contributed by atoms with Crippen molar-refractivity contribution in [3.05, 3.63) is 41.5 Å². The van der Waals surface area contributed by atoms with Crippen LogP contribution in [0.3, 0.4) is 0 Å². The average molecular weight is 559 g/mol. The summed E-state index contributed by atoms with van der Waals surface area (Å²) in [7, 11) is 3.60. The van der Waals surface area contributed by atoms with E-state index in [1.807, 2.05) is 30.7 Å². The topological polar surface area (TPSA) is 96.6 Å². The zero-order chi connectivity index (χ0) is 22.7. The molecular formula is C23H39IN6O2. The van der Waals surface area contributed by atoms with Crippen LogP contribution >= 0.6 is 24.0 Å². The maximum atomic E-state index is 11.0. The molecule has 0 amide bonds. The first-order chi connectivity index (χ1) is 14.9. The quantitative estimate of drug-likeness (QED) is 0.210. The van der Waals surface area contributed by atoms with Crippen LogP contribution in [-0.2, 0) is 20.0 Å². The van der Waals surface area contributed by atoms with E-state index in [9.17, 15) is 5.11 Å². The minimum Gasteiger partial charge on any atom is -0.497 e. The number of rotatable bonds is 12. The maximum absolute atomic E-state index is 11.0. The second-order valence-corrected chi connectivity index (χ2v) is 7.99. The van der Waals surface area contributed by atoms with E-state index in [1.54, 1.807) is 7.11 Å². The van der Waals surface area contributed by atoms with Crippen LogP contribution in [0.4, 0.5) is 0 Å². The van der Waals surface area contributed by atoms with E-state index in [2.05, 4.69) is 46.8 Å². The number of aliphatic imine (C=N–C) groups is 1. The van der Waals surface area contributed by atoms with Gasteiger partial charge in [0.1, 0.15) is 18.1 Å². The van der Waals surface area contributed by atoms with Gasteiger partial charge in [-0.05, 0) is 43.9 Å². The SMILES string of the molecule is CCCC(O)(CCC)CNC(=NCc1nnc(C)n1C)NCCc1ccc(OC)cc1.I. The van der Waals surface area contributed by atoms with Gasteiger partial charge in [-0.1, -0.05) is 38.8 Å². The lowest BCUT2D eigenvalue weighted by molar-refractivity contribution is 0.0257. The molecule has 9 heteroatoms. The number of benzene rings is 1. The third-order valence-corrected chi connectivity index (χ3v) is 5.44. The Kier molecular flexibility index (Phi) is 12.6. The van der Waals surface area contributed by atoms with Crippen molar-refractivity contribution in [2.24, 2.45) is 12.0 Å². The van der Waals surface area contributed by atoms with Crippen molar-refractivity contribution in [2.45, 2.75) is 65.0 Å². The summed E-state index contributed by atoms with van der Waals surface area (Å²) in [6.07, 6.45) is 4.24. The van der Waals surface area contributed by atoms with Gasteiger partial charge in [-0.15, -0.1) is 34.2 Å². The van der Waals surface area contributed by atoms with Gasteiger partial charge >= 0.3 is 0 Å². The van der Waals surface area contributed by atoms with Gasteiger partial charge in [0.2, 0.25) is 0 Å². The molecule has 1 aromatic carbocycles. The first kappa shape index (κ1) is 28.2. The largest absolute Gasteiger partial charge is 0.497 e.